The number of halogens is 1. The Balaban J connectivity index is 1.72. The smallest absolute Gasteiger partial charge is 0.223 e. The molecule has 2 rings (SSSR count). The van der Waals surface area contributed by atoms with Gasteiger partial charge < -0.3 is 10.1 Å². The summed E-state index contributed by atoms with van der Waals surface area (Å²) >= 11 is 5.92. The molecule has 0 bridgehead atoms. The van der Waals surface area contributed by atoms with Crippen molar-refractivity contribution >= 4 is 27.3 Å². The quantitative estimate of drug-likeness (QED) is 0.891. The second-order valence-corrected chi connectivity index (χ2v) is 7.33. The molecule has 0 unspecified atom stereocenters. The van der Waals surface area contributed by atoms with Crippen LogP contribution in [0.2, 0.25) is 5.02 Å². The number of carbonyl (C=O) groups is 1. The van der Waals surface area contributed by atoms with Crippen LogP contribution in [0.4, 0.5) is 0 Å². The van der Waals surface area contributed by atoms with Crippen molar-refractivity contribution in [2.75, 3.05) is 18.1 Å². The van der Waals surface area contributed by atoms with Crippen LogP contribution in [0, 0.1) is 0 Å². The van der Waals surface area contributed by atoms with Crippen molar-refractivity contribution in [2.24, 2.45) is 0 Å². The third kappa shape index (κ3) is 4.38. The lowest BCUT2D eigenvalue weighted by atomic mass is 10.2. The van der Waals surface area contributed by atoms with Crippen LogP contribution in [0.3, 0.4) is 0 Å². The van der Waals surface area contributed by atoms with Crippen LogP contribution < -0.4 is 10.1 Å². The molecule has 1 fully saturated rings. The summed E-state index contributed by atoms with van der Waals surface area (Å²) in [5.74, 6) is 0.502. The number of nitrogens with one attached hydrogen (secondary N) is 1. The summed E-state index contributed by atoms with van der Waals surface area (Å²) < 4.78 is 27.9. The topological polar surface area (TPSA) is 72.5 Å². The summed E-state index contributed by atoms with van der Waals surface area (Å²) in [6.07, 6.45) is 0.654. The van der Waals surface area contributed by atoms with E-state index in [4.69, 9.17) is 16.3 Å². The molecule has 1 N–H and O–H groups in total. The number of amides is 1. The molecule has 1 aliphatic rings. The Hall–Kier alpha value is -1.27. The molecule has 0 radical (unpaired) electrons. The molecule has 1 atom stereocenters. The predicted molar refractivity (Wildman–Crippen MR) is 76.8 cm³/mol. The highest BCUT2D eigenvalue weighted by molar-refractivity contribution is 7.91. The van der Waals surface area contributed by atoms with Gasteiger partial charge in [-0.2, -0.15) is 0 Å². The highest BCUT2D eigenvalue weighted by Crippen LogP contribution is 2.23. The van der Waals surface area contributed by atoms with Gasteiger partial charge in [-0.1, -0.05) is 23.7 Å². The Morgan fingerprint density at radius 2 is 2.15 bits per heavy atom. The van der Waals surface area contributed by atoms with Crippen molar-refractivity contribution in [3.63, 3.8) is 0 Å². The zero-order chi connectivity index (χ0) is 14.6. The molecule has 0 spiro atoms. The Labute approximate surface area is 123 Å². The maximum absolute atomic E-state index is 11.7. The van der Waals surface area contributed by atoms with Gasteiger partial charge in [-0.25, -0.2) is 8.42 Å². The van der Waals surface area contributed by atoms with Crippen LogP contribution in [-0.2, 0) is 14.6 Å². The van der Waals surface area contributed by atoms with E-state index in [2.05, 4.69) is 5.32 Å². The van der Waals surface area contributed by atoms with E-state index in [-0.39, 0.29) is 36.5 Å². The largest absolute Gasteiger partial charge is 0.491 e. The number of hydrogen-bond donors (Lipinski definition) is 1. The Morgan fingerprint density at radius 3 is 2.80 bits per heavy atom. The summed E-state index contributed by atoms with van der Waals surface area (Å²) in [4.78, 5) is 11.7. The van der Waals surface area contributed by atoms with E-state index in [0.717, 1.165) is 0 Å². The molecule has 20 heavy (non-hydrogen) atoms. The minimum absolute atomic E-state index is 0.0319. The van der Waals surface area contributed by atoms with E-state index in [1.807, 2.05) is 0 Å². The molecule has 1 aliphatic heterocycles. The minimum Gasteiger partial charge on any atom is -0.491 e. The Bertz CT molecular complexity index is 588. The summed E-state index contributed by atoms with van der Waals surface area (Å²) in [6, 6.07) is 6.75. The van der Waals surface area contributed by atoms with Crippen LogP contribution in [-0.4, -0.2) is 38.5 Å². The van der Waals surface area contributed by atoms with Crippen molar-refractivity contribution in [1.82, 2.24) is 5.32 Å². The lowest BCUT2D eigenvalue weighted by Crippen LogP contribution is -2.36. The first-order valence-electron chi connectivity index (χ1n) is 6.33. The van der Waals surface area contributed by atoms with E-state index < -0.39 is 9.84 Å². The second kappa shape index (κ2) is 6.45. The average molecular weight is 318 g/mol. The van der Waals surface area contributed by atoms with Crippen molar-refractivity contribution < 1.29 is 17.9 Å². The molecule has 0 aliphatic carbocycles. The van der Waals surface area contributed by atoms with Gasteiger partial charge in [0.05, 0.1) is 29.6 Å². The fraction of sp³-hybridized carbons (Fsp3) is 0.462. The van der Waals surface area contributed by atoms with Crippen LogP contribution in [0.5, 0.6) is 5.75 Å². The normalized spacial score (nSPS) is 20.6. The van der Waals surface area contributed by atoms with E-state index in [0.29, 0.717) is 17.2 Å². The number of rotatable bonds is 5. The van der Waals surface area contributed by atoms with Crippen LogP contribution in [0.25, 0.3) is 0 Å². The van der Waals surface area contributed by atoms with Gasteiger partial charge in [-0.3, -0.25) is 4.79 Å². The van der Waals surface area contributed by atoms with E-state index in [9.17, 15) is 13.2 Å². The predicted octanol–water partition coefficient (Wildman–Crippen LogP) is 1.41. The lowest BCUT2D eigenvalue weighted by molar-refractivity contribution is -0.122. The fourth-order valence-electron chi connectivity index (χ4n) is 2.02. The zero-order valence-electron chi connectivity index (χ0n) is 10.8. The van der Waals surface area contributed by atoms with E-state index in [1.165, 1.54) is 0 Å². The summed E-state index contributed by atoms with van der Waals surface area (Å²) in [5.41, 5.74) is 0. The molecular weight excluding hydrogens is 302 g/mol. The number of sulfone groups is 1. The van der Waals surface area contributed by atoms with Crippen LogP contribution in [0.1, 0.15) is 12.8 Å². The third-order valence-corrected chi connectivity index (χ3v) is 5.10. The van der Waals surface area contributed by atoms with Crippen molar-refractivity contribution in [3.8, 4) is 5.75 Å². The maximum atomic E-state index is 11.7. The monoisotopic (exact) mass is 317 g/mol. The van der Waals surface area contributed by atoms with Crippen molar-refractivity contribution in [3.05, 3.63) is 29.3 Å². The Morgan fingerprint density at radius 1 is 1.40 bits per heavy atom. The van der Waals surface area contributed by atoms with E-state index >= 15 is 0 Å². The maximum Gasteiger partial charge on any atom is 0.223 e. The Kier molecular flexibility index (Phi) is 4.88. The highest BCUT2D eigenvalue weighted by atomic mass is 35.5. The minimum atomic E-state index is -2.97. The lowest BCUT2D eigenvalue weighted by Gasteiger charge is -2.11. The van der Waals surface area contributed by atoms with Gasteiger partial charge in [0.25, 0.3) is 0 Å². The average Bonchev–Trinajstić information content (AvgIpc) is 2.71. The first-order chi connectivity index (χ1) is 9.46. The van der Waals surface area contributed by atoms with Gasteiger partial charge in [0.2, 0.25) is 5.91 Å². The molecular formula is C13H16ClNO4S. The van der Waals surface area contributed by atoms with Gasteiger partial charge >= 0.3 is 0 Å². The van der Waals surface area contributed by atoms with Gasteiger partial charge in [0.1, 0.15) is 5.75 Å². The zero-order valence-corrected chi connectivity index (χ0v) is 12.4. The molecule has 110 valence electrons. The fourth-order valence-corrected chi connectivity index (χ4v) is 3.89. The number of carbonyl (C=O) groups excluding carboxylic acids is 1. The second-order valence-electron chi connectivity index (χ2n) is 4.70. The highest BCUT2D eigenvalue weighted by Gasteiger charge is 2.28. The van der Waals surface area contributed by atoms with Gasteiger partial charge in [0, 0.05) is 6.04 Å². The standard InChI is InChI=1S/C13H16ClNO4S/c14-11-3-1-2-4-12(11)19-7-5-13(16)15-10-6-8-20(17,18)9-10/h1-4,10H,5-9H2,(H,15,16)/t10-/m1/s1. The summed E-state index contributed by atoms with van der Waals surface area (Å²) in [6.45, 7) is 0.203. The van der Waals surface area contributed by atoms with Crippen molar-refractivity contribution in [1.29, 1.82) is 0 Å². The van der Waals surface area contributed by atoms with Gasteiger partial charge in [-0.15, -0.1) is 0 Å². The van der Waals surface area contributed by atoms with Crippen LogP contribution >= 0.6 is 11.6 Å². The van der Waals surface area contributed by atoms with E-state index in [1.54, 1.807) is 24.3 Å². The number of hydrogen-bond acceptors (Lipinski definition) is 4. The SMILES string of the molecule is O=C(CCOc1ccccc1Cl)N[C@@H]1CCS(=O)(=O)C1. The molecule has 1 aromatic rings. The van der Waals surface area contributed by atoms with Crippen LogP contribution in [0.15, 0.2) is 24.3 Å². The number of para-hydroxylation sites is 1. The van der Waals surface area contributed by atoms with Gasteiger partial charge in [0.15, 0.2) is 9.84 Å². The molecule has 7 heteroatoms. The van der Waals surface area contributed by atoms with Gasteiger partial charge in [-0.05, 0) is 18.6 Å². The molecule has 1 aromatic carbocycles. The summed E-state index contributed by atoms with van der Waals surface area (Å²) in [5, 5.41) is 3.20. The molecule has 5 nitrogen and oxygen atoms in total. The molecule has 1 heterocycles. The first-order valence-corrected chi connectivity index (χ1v) is 8.53. The molecule has 1 saturated heterocycles. The molecule has 0 saturated carbocycles. The van der Waals surface area contributed by atoms with Crippen molar-refractivity contribution in [2.45, 2.75) is 18.9 Å². The third-order valence-electron chi connectivity index (χ3n) is 3.02. The number of benzene rings is 1. The molecule has 0 aromatic heterocycles. The summed E-state index contributed by atoms with van der Waals surface area (Å²) in [7, 11) is -2.97. The molecule has 1 amide bonds. The first kappa shape index (κ1) is 15.1. The number of ether oxygens (including phenoxy) is 1.